The van der Waals surface area contributed by atoms with E-state index in [0.29, 0.717) is 12.0 Å². The van der Waals surface area contributed by atoms with Crippen LogP contribution in [0.15, 0.2) is 24.4 Å². The third kappa shape index (κ3) is 3.45. The van der Waals surface area contributed by atoms with Gasteiger partial charge in [-0.3, -0.25) is 19.9 Å². The van der Waals surface area contributed by atoms with Gasteiger partial charge in [0.05, 0.1) is 23.3 Å². The minimum absolute atomic E-state index is 0.121. The molecule has 0 aliphatic rings. The molecule has 7 heteroatoms. The fraction of sp³-hybridized carbons (Fsp3) is 0.250. The number of ether oxygens (including phenoxy) is 2. The zero-order valence-electron chi connectivity index (χ0n) is 13.0. The maximum absolute atomic E-state index is 11.1. The summed E-state index contributed by atoms with van der Waals surface area (Å²) in [5.41, 5.74) is 2.39. The summed E-state index contributed by atoms with van der Waals surface area (Å²) in [5, 5.41) is 10.7. The van der Waals surface area contributed by atoms with Gasteiger partial charge >= 0.3 is 0 Å². The first-order valence-electron chi connectivity index (χ1n) is 6.83. The molecule has 0 radical (unpaired) electrons. The maximum Gasteiger partial charge on any atom is 0.270 e. The average molecular weight is 316 g/mol. The van der Waals surface area contributed by atoms with Gasteiger partial charge < -0.3 is 9.47 Å². The Bertz CT molecular complexity index is 758. The molecule has 0 fully saturated rings. The monoisotopic (exact) mass is 316 g/mol. The van der Waals surface area contributed by atoms with Gasteiger partial charge in [0.15, 0.2) is 6.29 Å². The molecule has 0 saturated heterocycles. The molecule has 0 spiro atoms. The predicted molar refractivity (Wildman–Crippen MR) is 83.1 cm³/mol. The molecule has 1 aromatic heterocycles. The smallest absolute Gasteiger partial charge is 0.270 e. The van der Waals surface area contributed by atoms with Gasteiger partial charge in [0.2, 0.25) is 0 Å². The third-order valence-electron chi connectivity index (χ3n) is 3.45. The number of aryl methyl sites for hydroxylation is 1. The fourth-order valence-corrected chi connectivity index (χ4v) is 2.24. The number of carbonyl (C=O) groups excluding carboxylic acids is 1. The molecule has 0 aliphatic carbocycles. The number of carbonyl (C=O) groups is 1. The normalized spacial score (nSPS) is 10.2. The number of hydrogen-bond donors (Lipinski definition) is 0. The van der Waals surface area contributed by atoms with E-state index in [1.807, 2.05) is 13.8 Å². The molecule has 0 unspecified atom stereocenters. The molecule has 120 valence electrons. The summed E-state index contributed by atoms with van der Waals surface area (Å²) in [6, 6.07) is 3.87. The second-order valence-electron chi connectivity index (χ2n) is 4.93. The van der Waals surface area contributed by atoms with Crippen molar-refractivity contribution in [3.8, 4) is 11.5 Å². The van der Waals surface area contributed by atoms with Crippen LogP contribution in [0.5, 0.6) is 11.5 Å². The standard InChI is InChI=1S/C16H16N2O5/c1-10-7-17-14(11(2)16(10)22-3)9-23-15-5-4-13(18(20)21)6-12(15)8-19/h4-8H,9H2,1-3H3. The van der Waals surface area contributed by atoms with E-state index in [0.717, 1.165) is 16.9 Å². The lowest BCUT2D eigenvalue weighted by molar-refractivity contribution is -0.384. The molecular weight excluding hydrogens is 300 g/mol. The Hall–Kier alpha value is -2.96. The number of hydrogen-bond acceptors (Lipinski definition) is 6. The summed E-state index contributed by atoms with van der Waals surface area (Å²) < 4.78 is 10.9. The van der Waals surface area contributed by atoms with Gasteiger partial charge in [-0.05, 0) is 19.9 Å². The van der Waals surface area contributed by atoms with Gasteiger partial charge in [-0.15, -0.1) is 0 Å². The summed E-state index contributed by atoms with van der Waals surface area (Å²) in [6.07, 6.45) is 2.21. The predicted octanol–water partition coefficient (Wildman–Crippen LogP) is 3.01. The van der Waals surface area contributed by atoms with Gasteiger partial charge in [-0.2, -0.15) is 0 Å². The number of aromatic nitrogens is 1. The highest BCUT2D eigenvalue weighted by Gasteiger charge is 2.14. The molecule has 0 bridgehead atoms. The van der Waals surface area contributed by atoms with E-state index in [9.17, 15) is 14.9 Å². The number of pyridine rings is 1. The Labute approximate surface area is 133 Å². The lowest BCUT2D eigenvalue weighted by atomic mass is 10.1. The Kier molecular flexibility index (Phi) is 4.90. The molecule has 0 N–H and O–H groups in total. The summed E-state index contributed by atoms with van der Waals surface area (Å²) >= 11 is 0. The number of methoxy groups -OCH3 is 1. The summed E-state index contributed by atoms with van der Waals surface area (Å²) in [5.74, 6) is 1.00. The van der Waals surface area contributed by atoms with Gasteiger partial charge in [-0.25, -0.2) is 0 Å². The number of nitro benzene ring substituents is 1. The maximum atomic E-state index is 11.1. The first-order chi connectivity index (χ1) is 11.0. The van der Waals surface area contributed by atoms with Gasteiger partial charge in [0.1, 0.15) is 18.1 Å². The van der Waals surface area contributed by atoms with Gasteiger partial charge in [0, 0.05) is 29.5 Å². The van der Waals surface area contributed by atoms with E-state index in [1.54, 1.807) is 13.3 Å². The van der Waals surface area contributed by atoms with Crippen LogP contribution in [0, 0.1) is 24.0 Å². The van der Waals surface area contributed by atoms with Crippen molar-refractivity contribution >= 4 is 12.0 Å². The van der Waals surface area contributed by atoms with E-state index in [1.165, 1.54) is 18.2 Å². The van der Waals surface area contributed by atoms with Crippen molar-refractivity contribution < 1.29 is 19.2 Å². The Balaban J connectivity index is 2.25. The van der Waals surface area contributed by atoms with Crippen LogP contribution in [0.3, 0.4) is 0 Å². The van der Waals surface area contributed by atoms with Crippen LogP contribution in [-0.4, -0.2) is 23.3 Å². The van der Waals surface area contributed by atoms with Crippen LogP contribution in [0.25, 0.3) is 0 Å². The third-order valence-corrected chi connectivity index (χ3v) is 3.45. The highest BCUT2D eigenvalue weighted by Crippen LogP contribution is 2.27. The van der Waals surface area contributed by atoms with Crippen molar-refractivity contribution in [1.29, 1.82) is 0 Å². The van der Waals surface area contributed by atoms with Crippen molar-refractivity contribution in [1.82, 2.24) is 4.98 Å². The number of aldehydes is 1. The van der Waals surface area contributed by atoms with Crippen LogP contribution in [0.1, 0.15) is 27.2 Å². The first-order valence-corrected chi connectivity index (χ1v) is 6.83. The van der Waals surface area contributed by atoms with E-state index in [4.69, 9.17) is 9.47 Å². The first kappa shape index (κ1) is 16.4. The molecule has 0 aliphatic heterocycles. The van der Waals surface area contributed by atoms with Gasteiger partial charge in [-0.1, -0.05) is 0 Å². The molecule has 0 saturated carbocycles. The highest BCUT2D eigenvalue weighted by molar-refractivity contribution is 5.80. The largest absolute Gasteiger partial charge is 0.496 e. The van der Waals surface area contributed by atoms with Crippen LogP contribution in [0.2, 0.25) is 0 Å². The number of benzene rings is 1. The van der Waals surface area contributed by atoms with Crippen molar-refractivity contribution in [3.63, 3.8) is 0 Å². The summed E-state index contributed by atoms with van der Waals surface area (Å²) in [7, 11) is 1.58. The lowest BCUT2D eigenvalue weighted by Crippen LogP contribution is -2.05. The molecule has 1 heterocycles. The Morgan fingerprint density at radius 3 is 2.70 bits per heavy atom. The molecule has 0 atom stereocenters. The minimum atomic E-state index is -0.562. The molecule has 0 amide bonds. The Morgan fingerprint density at radius 2 is 2.09 bits per heavy atom. The van der Waals surface area contributed by atoms with Crippen molar-refractivity contribution in [3.05, 3.63) is 56.9 Å². The van der Waals surface area contributed by atoms with Crippen LogP contribution in [-0.2, 0) is 6.61 Å². The molecule has 23 heavy (non-hydrogen) atoms. The quantitative estimate of drug-likeness (QED) is 0.462. The van der Waals surface area contributed by atoms with E-state index in [-0.39, 0.29) is 23.6 Å². The van der Waals surface area contributed by atoms with Crippen LogP contribution < -0.4 is 9.47 Å². The topological polar surface area (TPSA) is 91.6 Å². The molecular formula is C16H16N2O5. The van der Waals surface area contributed by atoms with Crippen molar-refractivity contribution in [2.24, 2.45) is 0 Å². The van der Waals surface area contributed by atoms with Crippen LogP contribution >= 0.6 is 0 Å². The van der Waals surface area contributed by atoms with E-state index in [2.05, 4.69) is 4.98 Å². The molecule has 7 nitrogen and oxygen atoms in total. The molecule has 2 aromatic rings. The number of rotatable bonds is 6. The highest BCUT2D eigenvalue weighted by atomic mass is 16.6. The summed E-state index contributed by atoms with van der Waals surface area (Å²) in [6.45, 7) is 3.89. The van der Waals surface area contributed by atoms with E-state index < -0.39 is 4.92 Å². The lowest BCUT2D eigenvalue weighted by Gasteiger charge is -2.13. The van der Waals surface area contributed by atoms with Crippen molar-refractivity contribution in [2.45, 2.75) is 20.5 Å². The number of nitrogens with zero attached hydrogens (tertiary/aromatic N) is 2. The second kappa shape index (κ2) is 6.87. The Morgan fingerprint density at radius 1 is 1.35 bits per heavy atom. The van der Waals surface area contributed by atoms with Crippen LogP contribution in [0.4, 0.5) is 5.69 Å². The second-order valence-corrected chi connectivity index (χ2v) is 4.93. The van der Waals surface area contributed by atoms with Crippen molar-refractivity contribution in [2.75, 3.05) is 7.11 Å². The van der Waals surface area contributed by atoms with Gasteiger partial charge in [0.25, 0.3) is 5.69 Å². The fourth-order valence-electron chi connectivity index (χ4n) is 2.24. The van der Waals surface area contributed by atoms with E-state index >= 15 is 0 Å². The SMILES string of the molecule is COc1c(C)cnc(COc2ccc([N+](=O)[O-])cc2C=O)c1C. The zero-order chi connectivity index (χ0) is 17.0. The average Bonchev–Trinajstić information content (AvgIpc) is 2.54. The minimum Gasteiger partial charge on any atom is -0.496 e. The number of non-ortho nitro benzene ring substituents is 1. The summed E-state index contributed by atoms with van der Waals surface area (Å²) in [4.78, 5) is 25.6. The zero-order valence-corrected chi connectivity index (χ0v) is 13.0. The molecule has 2 rings (SSSR count). The number of nitro groups is 1. The molecule has 1 aromatic carbocycles.